The number of hydrogen-bond donors (Lipinski definition) is 0. The van der Waals surface area contributed by atoms with E-state index in [1.54, 1.807) is 7.05 Å². The zero-order valence-corrected chi connectivity index (χ0v) is 15.0. The highest BCUT2D eigenvalue weighted by atomic mass is 79.9. The molecule has 0 fully saturated rings. The lowest BCUT2D eigenvalue weighted by Crippen LogP contribution is -2.31. The molecule has 1 atom stereocenters. The van der Waals surface area contributed by atoms with Crippen molar-refractivity contribution in [2.24, 2.45) is 5.92 Å². The zero-order valence-electron chi connectivity index (χ0n) is 11.9. The van der Waals surface area contributed by atoms with Gasteiger partial charge < -0.3 is 4.90 Å². The van der Waals surface area contributed by atoms with Crippen molar-refractivity contribution in [3.05, 3.63) is 28.0 Å². The Morgan fingerprint density at radius 3 is 2.52 bits per heavy atom. The fourth-order valence-corrected chi connectivity index (χ4v) is 4.04. The van der Waals surface area contributed by atoms with E-state index < -0.39 is 25.7 Å². The lowest BCUT2D eigenvalue weighted by atomic mass is 10.1. The molecule has 1 aromatic rings. The number of halogens is 3. The number of rotatable bonds is 5. The zero-order chi connectivity index (χ0) is 16.4. The Hall–Kier alpha value is -0.660. The molecule has 0 bridgehead atoms. The van der Waals surface area contributed by atoms with Gasteiger partial charge in [0.1, 0.15) is 10.7 Å². The Morgan fingerprint density at radius 1 is 1.48 bits per heavy atom. The summed E-state index contributed by atoms with van der Waals surface area (Å²) in [6.07, 6.45) is 0.892. The van der Waals surface area contributed by atoms with Gasteiger partial charge in [0, 0.05) is 24.3 Å². The predicted molar refractivity (Wildman–Crippen MR) is 83.6 cm³/mol. The average Bonchev–Trinajstić information content (AvgIpc) is 2.38. The second-order valence-electron chi connectivity index (χ2n) is 4.90. The van der Waals surface area contributed by atoms with Gasteiger partial charge in [0.2, 0.25) is 0 Å². The maximum absolute atomic E-state index is 13.6. The van der Waals surface area contributed by atoms with Gasteiger partial charge in [-0.2, -0.15) is 0 Å². The molecule has 0 aliphatic rings. The van der Waals surface area contributed by atoms with Crippen LogP contribution in [-0.2, 0) is 9.05 Å². The van der Waals surface area contributed by atoms with Crippen molar-refractivity contribution >= 4 is 41.6 Å². The smallest absolute Gasteiger partial charge is 0.262 e. The van der Waals surface area contributed by atoms with Gasteiger partial charge in [0.25, 0.3) is 15.0 Å². The number of benzene rings is 1. The number of amides is 1. The topological polar surface area (TPSA) is 54.5 Å². The van der Waals surface area contributed by atoms with Crippen molar-refractivity contribution in [2.45, 2.75) is 25.2 Å². The van der Waals surface area contributed by atoms with Crippen molar-refractivity contribution in [3.63, 3.8) is 0 Å². The van der Waals surface area contributed by atoms with Crippen LogP contribution < -0.4 is 0 Å². The molecule has 8 heteroatoms. The van der Waals surface area contributed by atoms with Gasteiger partial charge in [0.15, 0.2) is 0 Å². The van der Waals surface area contributed by atoms with Gasteiger partial charge in [-0.05, 0) is 34.0 Å². The van der Waals surface area contributed by atoms with Crippen LogP contribution in [0.3, 0.4) is 0 Å². The summed E-state index contributed by atoms with van der Waals surface area (Å²) in [4.78, 5) is 13.3. The molecule has 1 rings (SSSR count). The molecule has 0 heterocycles. The van der Waals surface area contributed by atoms with Crippen molar-refractivity contribution < 1.29 is 17.6 Å². The quantitative estimate of drug-likeness (QED) is 0.709. The summed E-state index contributed by atoms with van der Waals surface area (Å²) in [5.74, 6) is -1.02. The molecule has 118 valence electrons. The Labute approximate surface area is 136 Å². The number of carbonyl (C=O) groups is 1. The molecule has 0 aliphatic heterocycles. The minimum atomic E-state index is -4.15. The van der Waals surface area contributed by atoms with Crippen molar-refractivity contribution in [2.75, 3.05) is 13.6 Å². The van der Waals surface area contributed by atoms with Crippen molar-refractivity contribution in [3.8, 4) is 0 Å². The van der Waals surface area contributed by atoms with E-state index in [2.05, 4.69) is 15.9 Å². The Bertz CT molecular complexity index is 651. The van der Waals surface area contributed by atoms with E-state index in [1.165, 1.54) is 4.90 Å². The van der Waals surface area contributed by atoms with Crippen LogP contribution >= 0.6 is 26.6 Å². The fourth-order valence-electron chi connectivity index (χ4n) is 1.78. The number of nitrogens with zero attached hydrogens (tertiary/aromatic N) is 1. The maximum atomic E-state index is 13.6. The normalized spacial score (nSPS) is 13.0. The lowest BCUT2D eigenvalue weighted by molar-refractivity contribution is 0.0773. The third kappa shape index (κ3) is 4.66. The monoisotopic (exact) mass is 399 g/mol. The fraction of sp³-hybridized carbons (Fsp3) is 0.462. The molecular formula is C13H16BrClFNO3S. The molecule has 0 spiro atoms. The highest BCUT2D eigenvalue weighted by molar-refractivity contribution is 9.10. The minimum absolute atomic E-state index is 0.0279. The lowest BCUT2D eigenvalue weighted by Gasteiger charge is -2.21. The van der Waals surface area contributed by atoms with Crippen LogP contribution in [0.25, 0.3) is 0 Å². The summed E-state index contributed by atoms with van der Waals surface area (Å²) in [5, 5.41) is 0. The second kappa shape index (κ2) is 7.07. The molecule has 0 aliphatic carbocycles. The van der Waals surface area contributed by atoms with Crippen LogP contribution in [0.1, 0.15) is 30.6 Å². The highest BCUT2D eigenvalue weighted by Crippen LogP contribution is 2.30. The first-order valence-corrected chi connectivity index (χ1v) is 9.37. The number of hydrogen-bond acceptors (Lipinski definition) is 3. The average molecular weight is 401 g/mol. The molecule has 0 saturated carbocycles. The van der Waals surface area contributed by atoms with E-state index >= 15 is 0 Å². The Morgan fingerprint density at radius 2 is 2.05 bits per heavy atom. The molecule has 21 heavy (non-hydrogen) atoms. The summed E-state index contributed by atoms with van der Waals surface area (Å²) in [6, 6.07) is 1.77. The first kappa shape index (κ1) is 18.4. The molecule has 4 nitrogen and oxygen atoms in total. The van der Waals surface area contributed by atoms with Crippen LogP contribution in [0.5, 0.6) is 0 Å². The van der Waals surface area contributed by atoms with E-state index in [1.807, 2.05) is 13.8 Å². The standard InChI is InChI=1S/C13H16BrClFNO3S/c1-4-8(2)7-17(3)13(18)10-5-9(16)6-11(12(10)14)21(15,19)20/h5-6,8H,4,7H2,1-3H3. The Kier molecular flexibility index (Phi) is 6.19. The van der Waals surface area contributed by atoms with Gasteiger partial charge in [-0.1, -0.05) is 20.3 Å². The third-order valence-electron chi connectivity index (χ3n) is 3.13. The van der Waals surface area contributed by atoms with E-state index in [-0.39, 0.29) is 16.0 Å². The van der Waals surface area contributed by atoms with E-state index in [9.17, 15) is 17.6 Å². The second-order valence-corrected chi connectivity index (χ2v) is 8.23. The summed E-state index contributed by atoms with van der Waals surface area (Å²) < 4.78 is 36.4. The molecular weight excluding hydrogens is 385 g/mol. The van der Waals surface area contributed by atoms with Crippen LogP contribution in [0, 0.1) is 11.7 Å². The first-order valence-electron chi connectivity index (χ1n) is 6.27. The van der Waals surface area contributed by atoms with Crippen LogP contribution in [0.15, 0.2) is 21.5 Å². The summed E-state index contributed by atoms with van der Waals surface area (Å²) in [5.41, 5.74) is -0.0694. The van der Waals surface area contributed by atoms with E-state index in [4.69, 9.17) is 10.7 Å². The van der Waals surface area contributed by atoms with Gasteiger partial charge in [-0.3, -0.25) is 4.79 Å². The van der Waals surface area contributed by atoms with Gasteiger partial charge >= 0.3 is 0 Å². The highest BCUT2D eigenvalue weighted by Gasteiger charge is 2.24. The first-order chi connectivity index (χ1) is 9.57. The molecule has 0 aromatic heterocycles. The summed E-state index contributed by atoms with van der Waals surface area (Å²) in [7, 11) is 2.68. The SMILES string of the molecule is CCC(C)CN(C)C(=O)c1cc(F)cc(S(=O)(=O)Cl)c1Br. The van der Waals surface area contributed by atoms with Gasteiger partial charge in [-0.15, -0.1) is 0 Å². The largest absolute Gasteiger partial charge is 0.341 e. The molecule has 0 saturated heterocycles. The van der Waals surface area contributed by atoms with Crippen molar-refractivity contribution in [1.82, 2.24) is 4.90 Å². The van der Waals surface area contributed by atoms with Gasteiger partial charge in [0.05, 0.1) is 10.0 Å². The molecule has 0 radical (unpaired) electrons. The van der Waals surface area contributed by atoms with E-state index in [0.29, 0.717) is 6.54 Å². The van der Waals surface area contributed by atoms with Gasteiger partial charge in [-0.25, -0.2) is 12.8 Å². The maximum Gasteiger partial charge on any atom is 0.262 e. The Balaban J connectivity index is 3.25. The van der Waals surface area contributed by atoms with Crippen LogP contribution in [-0.4, -0.2) is 32.8 Å². The minimum Gasteiger partial charge on any atom is -0.341 e. The summed E-state index contributed by atoms with van der Waals surface area (Å²) >= 11 is 3.03. The number of carbonyl (C=O) groups excluding carboxylic acids is 1. The molecule has 0 N–H and O–H groups in total. The predicted octanol–water partition coefficient (Wildman–Crippen LogP) is 3.63. The molecule has 1 aromatic carbocycles. The third-order valence-corrected chi connectivity index (χ3v) is 5.59. The molecule has 1 amide bonds. The van der Waals surface area contributed by atoms with E-state index in [0.717, 1.165) is 18.6 Å². The molecule has 1 unspecified atom stereocenters. The van der Waals surface area contributed by atoms with Crippen LogP contribution in [0.4, 0.5) is 4.39 Å². The van der Waals surface area contributed by atoms with Crippen molar-refractivity contribution in [1.29, 1.82) is 0 Å². The van der Waals surface area contributed by atoms with Crippen LogP contribution in [0.2, 0.25) is 0 Å². The summed E-state index contributed by atoms with van der Waals surface area (Å²) in [6.45, 7) is 4.47.